The largest absolute Gasteiger partial charge is 0.492 e. The summed E-state index contributed by atoms with van der Waals surface area (Å²) in [4.78, 5) is 11.6. The average molecular weight is 531 g/mol. The standard InChI is InChI=1S/C26H21BrF2O5/c1-31-25(30)10-14-13-32-24-12-16(3-4-17(14)24)33-23-8-5-18-21(9-6-19(28)26(18)23)34-22-7-2-15(27)11-20(22)29/h2-4,6-7,9,11-12,14,23H,5,8,10,13H2,1H3/t14?,23-/m1/s1. The smallest absolute Gasteiger partial charge is 0.306 e. The Labute approximate surface area is 203 Å². The Balaban J connectivity index is 1.36. The summed E-state index contributed by atoms with van der Waals surface area (Å²) in [6.07, 6.45) is 0.817. The second kappa shape index (κ2) is 9.25. The Morgan fingerprint density at radius 1 is 1.09 bits per heavy atom. The number of methoxy groups -OCH3 is 1. The Hall–Kier alpha value is -3.13. The van der Waals surface area contributed by atoms with Gasteiger partial charge in [0.2, 0.25) is 0 Å². The van der Waals surface area contributed by atoms with E-state index in [-0.39, 0.29) is 24.1 Å². The highest BCUT2D eigenvalue weighted by atomic mass is 79.9. The van der Waals surface area contributed by atoms with Gasteiger partial charge in [-0.1, -0.05) is 22.0 Å². The summed E-state index contributed by atoms with van der Waals surface area (Å²) in [5.41, 5.74) is 2.01. The molecule has 2 atom stereocenters. The molecule has 0 N–H and O–H groups in total. The average Bonchev–Trinajstić information content (AvgIpc) is 3.42. The molecule has 0 saturated heterocycles. The third-order valence-electron chi connectivity index (χ3n) is 6.14. The van der Waals surface area contributed by atoms with Crippen LogP contribution in [0.2, 0.25) is 0 Å². The van der Waals surface area contributed by atoms with E-state index in [0.717, 1.165) is 5.56 Å². The normalized spacial score (nSPS) is 18.1. The number of rotatable bonds is 6. The van der Waals surface area contributed by atoms with Crippen LogP contribution in [-0.4, -0.2) is 19.7 Å². The van der Waals surface area contributed by atoms with Crippen LogP contribution < -0.4 is 14.2 Å². The molecule has 0 fully saturated rings. The van der Waals surface area contributed by atoms with Gasteiger partial charge in [0.25, 0.3) is 0 Å². The van der Waals surface area contributed by atoms with Gasteiger partial charge < -0.3 is 18.9 Å². The molecule has 0 bridgehead atoms. The van der Waals surface area contributed by atoms with Crippen molar-refractivity contribution in [3.8, 4) is 23.0 Å². The van der Waals surface area contributed by atoms with Crippen LogP contribution in [0.25, 0.3) is 0 Å². The topological polar surface area (TPSA) is 54.0 Å². The van der Waals surface area contributed by atoms with Gasteiger partial charge in [-0.25, -0.2) is 8.78 Å². The number of hydrogen-bond acceptors (Lipinski definition) is 5. The number of benzene rings is 3. The van der Waals surface area contributed by atoms with E-state index < -0.39 is 17.7 Å². The third-order valence-corrected chi connectivity index (χ3v) is 6.63. The molecule has 0 aromatic heterocycles. The van der Waals surface area contributed by atoms with E-state index in [2.05, 4.69) is 15.9 Å². The monoisotopic (exact) mass is 530 g/mol. The van der Waals surface area contributed by atoms with E-state index in [9.17, 15) is 13.6 Å². The molecule has 0 spiro atoms. The van der Waals surface area contributed by atoms with Gasteiger partial charge in [0.05, 0.1) is 20.1 Å². The number of halogens is 3. The summed E-state index contributed by atoms with van der Waals surface area (Å²) in [6.45, 7) is 0.391. The fourth-order valence-corrected chi connectivity index (χ4v) is 4.81. The highest BCUT2D eigenvalue weighted by Crippen LogP contribution is 2.44. The van der Waals surface area contributed by atoms with E-state index in [1.807, 2.05) is 6.07 Å². The molecule has 1 unspecified atom stereocenters. The number of carbonyl (C=O) groups excluding carboxylic acids is 1. The molecule has 1 heterocycles. The van der Waals surface area contributed by atoms with Crippen LogP contribution in [0, 0.1) is 11.6 Å². The molecule has 2 aliphatic rings. The van der Waals surface area contributed by atoms with Crippen molar-refractivity contribution in [2.45, 2.75) is 31.3 Å². The highest BCUT2D eigenvalue weighted by molar-refractivity contribution is 9.10. The van der Waals surface area contributed by atoms with Gasteiger partial charge >= 0.3 is 5.97 Å². The van der Waals surface area contributed by atoms with Gasteiger partial charge in [-0.15, -0.1) is 0 Å². The van der Waals surface area contributed by atoms with Gasteiger partial charge in [0.1, 0.15) is 29.2 Å². The lowest BCUT2D eigenvalue weighted by Gasteiger charge is -2.17. The Bertz CT molecular complexity index is 1260. The summed E-state index contributed by atoms with van der Waals surface area (Å²) >= 11 is 3.22. The Kier molecular flexibility index (Phi) is 6.16. The SMILES string of the molecule is COC(=O)CC1COc2cc(O[C@@H]3CCc4c(Oc5ccc(Br)cc5F)ccc(F)c43)ccc21. The molecular formula is C26H21BrF2O5. The van der Waals surface area contributed by atoms with Crippen molar-refractivity contribution in [3.05, 3.63) is 81.3 Å². The molecule has 8 heteroatoms. The van der Waals surface area contributed by atoms with Crippen LogP contribution in [0.5, 0.6) is 23.0 Å². The molecule has 0 radical (unpaired) electrons. The minimum atomic E-state index is -0.515. The molecule has 1 aliphatic carbocycles. The third kappa shape index (κ3) is 4.34. The lowest BCUT2D eigenvalue weighted by molar-refractivity contribution is -0.141. The summed E-state index contributed by atoms with van der Waals surface area (Å²) in [5.74, 6) is 0.400. The van der Waals surface area contributed by atoms with Crippen LogP contribution in [0.15, 0.2) is 53.0 Å². The van der Waals surface area contributed by atoms with Crippen LogP contribution in [-0.2, 0) is 16.0 Å². The molecule has 0 saturated carbocycles. The van der Waals surface area contributed by atoms with Gasteiger partial charge in [-0.05, 0) is 49.2 Å². The maximum absolute atomic E-state index is 14.8. The Morgan fingerprint density at radius 3 is 2.71 bits per heavy atom. The van der Waals surface area contributed by atoms with Crippen LogP contribution in [0.4, 0.5) is 8.78 Å². The van der Waals surface area contributed by atoms with E-state index in [1.165, 1.54) is 31.4 Å². The lowest BCUT2D eigenvalue weighted by atomic mass is 9.98. The summed E-state index contributed by atoms with van der Waals surface area (Å²) in [6, 6.07) is 12.8. The van der Waals surface area contributed by atoms with E-state index in [1.54, 1.807) is 18.2 Å². The van der Waals surface area contributed by atoms with Gasteiger partial charge in [-0.3, -0.25) is 4.79 Å². The van der Waals surface area contributed by atoms with Crippen LogP contribution in [0.3, 0.4) is 0 Å². The summed E-state index contributed by atoms with van der Waals surface area (Å²) in [7, 11) is 1.36. The van der Waals surface area contributed by atoms with E-state index in [4.69, 9.17) is 18.9 Å². The molecule has 3 aromatic rings. The molecule has 3 aromatic carbocycles. The first-order chi connectivity index (χ1) is 16.4. The number of ether oxygens (including phenoxy) is 4. The second-order valence-corrected chi connectivity index (χ2v) is 9.16. The zero-order valence-corrected chi connectivity index (χ0v) is 19.9. The first-order valence-electron chi connectivity index (χ1n) is 10.9. The molecule has 0 amide bonds. The van der Waals surface area contributed by atoms with Crippen LogP contribution >= 0.6 is 15.9 Å². The fourth-order valence-electron chi connectivity index (χ4n) is 4.48. The minimum Gasteiger partial charge on any atom is -0.492 e. The van der Waals surface area contributed by atoms with E-state index >= 15 is 0 Å². The molecular weight excluding hydrogens is 510 g/mol. The highest BCUT2D eigenvalue weighted by Gasteiger charge is 2.32. The van der Waals surface area contributed by atoms with Crippen molar-refractivity contribution in [2.75, 3.05) is 13.7 Å². The molecule has 176 valence electrons. The zero-order chi connectivity index (χ0) is 23.8. The molecule has 1 aliphatic heterocycles. The fraction of sp³-hybridized carbons (Fsp3) is 0.269. The maximum atomic E-state index is 14.8. The van der Waals surface area contributed by atoms with Crippen molar-refractivity contribution < 1.29 is 32.5 Å². The second-order valence-electron chi connectivity index (χ2n) is 8.25. The number of carbonyl (C=O) groups is 1. The lowest BCUT2D eigenvalue weighted by Crippen LogP contribution is -2.09. The first kappa shape index (κ1) is 22.7. The van der Waals surface area contributed by atoms with Crippen LogP contribution in [0.1, 0.15) is 41.6 Å². The van der Waals surface area contributed by atoms with Gasteiger partial charge in [0.15, 0.2) is 11.6 Å². The number of fused-ring (bicyclic) bond motifs is 2. The quantitative estimate of drug-likeness (QED) is 0.335. The first-order valence-corrected chi connectivity index (χ1v) is 11.7. The minimum absolute atomic E-state index is 0.0682. The number of esters is 1. The number of hydrogen-bond donors (Lipinski definition) is 0. The summed E-state index contributed by atoms with van der Waals surface area (Å²) in [5, 5.41) is 0. The van der Waals surface area contributed by atoms with Crippen molar-refractivity contribution in [1.82, 2.24) is 0 Å². The van der Waals surface area contributed by atoms with Crippen molar-refractivity contribution >= 4 is 21.9 Å². The Morgan fingerprint density at radius 2 is 1.91 bits per heavy atom. The zero-order valence-electron chi connectivity index (χ0n) is 18.3. The maximum Gasteiger partial charge on any atom is 0.306 e. The van der Waals surface area contributed by atoms with Crippen molar-refractivity contribution in [1.29, 1.82) is 0 Å². The predicted octanol–water partition coefficient (Wildman–Crippen LogP) is 6.63. The predicted molar refractivity (Wildman–Crippen MR) is 124 cm³/mol. The summed E-state index contributed by atoms with van der Waals surface area (Å²) < 4.78 is 52.1. The molecule has 34 heavy (non-hydrogen) atoms. The molecule has 5 rings (SSSR count). The van der Waals surface area contributed by atoms with E-state index in [0.29, 0.717) is 52.3 Å². The van der Waals surface area contributed by atoms with Gasteiger partial charge in [-0.2, -0.15) is 0 Å². The van der Waals surface area contributed by atoms with Crippen molar-refractivity contribution in [3.63, 3.8) is 0 Å². The molecule has 5 nitrogen and oxygen atoms in total. The van der Waals surface area contributed by atoms with Gasteiger partial charge in [0, 0.05) is 33.1 Å². The van der Waals surface area contributed by atoms with Crippen molar-refractivity contribution in [2.24, 2.45) is 0 Å².